The quantitative estimate of drug-likeness (QED) is 0.707. The van der Waals surface area contributed by atoms with Crippen molar-refractivity contribution in [3.63, 3.8) is 0 Å². The van der Waals surface area contributed by atoms with Crippen LogP contribution >= 0.6 is 0 Å². The fourth-order valence-corrected chi connectivity index (χ4v) is 1.10. The highest BCUT2D eigenvalue weighted by atomic mass is 19.4. The van der Waals surface area contributed by atoms with Gasteiger partial charge in [0.15, 0.2) is 0 Å². The molecule has 0 aliphatic heterocycles. The van der Waals surface area contributed by atoms with E-state index in [9.17, 15) is 18.0 Å². The van der Waals surface area contributed by atoms with Gasteiger partial charge in [0.25, 0.3) is 0 Å². The third-order valence-electron chi connectivity index (χ3n) is 1.89. The molecule has 0 fully saturated rings. The third-order valence-corrected chi connectivity index (χ3v) is 1.89. The second-order valence-electron chi connectivity index (χ2n) is 5.00. The van der Waals surface area contributed by atoms with Crippen molar-refractivity contribution in [2.75, 3.05) is 20.1 Å². The molecule has 0 unspecified atom stereocenters. The van der Waals surface area contributed by atoms with Crippen molar-refractivity contribution in [1.29, 1.82) is 0 Å². The van der Waals surface area contributed by atoms with Gasteiger partial charge >= 0.3 is 12.1 Å². The predicted molar refractivity (Wildman–Crippen MR) is 58.6 cm³/mol. The largest absolute Gasteiger partial charge is 0.460 e. The molecule has 0 heterocycles. The van der Waals surface area contributed by atoms with Gasteiger partial charge in [0.05, 0.1) is 12.8 Å². The molecule has 0 bridgehead atoms. The number of carbonyl (C=O) groups excluding carboxylic acids is 1. The summed E-state index contributed by atoms with van der Waals surface area (Å²) in [6.45, 7) is 5.41. The summed E-state index contributed by atoms with van der Waals surface area (Å²) in [5, 5.41) is 0. The van der Waals surface area contributed by atoms with Gasteiger partial charge in [-0.05, 0) is 27.8 Å². The average Bonchev–Trinajstić information content (AvgIpc) is 2.07. The molecule has 0 saturated heterocycles. The van der Waals surface area contributed by atoms with Crippen LogP contribution < -0.4 is 0 Å². The molecule has 0 aromatic heterocycles. The van der Waals surface area contributed by atoms with Gasteiger partial charge in [-0.15, -0.1) is 0 Å². The van der Waals surface area contributed by atoms with Crippen molar-refractivity contribution in [2.24, 2.45) is 0 Å². The molecule has 102 valence electrons. The minimum atomic E-state index is -4.15. The molecule has 0 amide bonds. The molecular weight excluding hydrogens is 235 g/mol. The summed E-state index contributed by atoms with van der Waals surface area (Å²) < 4.78 is 40.8. The number of hydrogen-bond acceptors (Lipinski definition) is 3. The van der Waals surface area contributed by atoms with Crippen LogP contribution in [0.1, 0.15) is 33.6 Å². The SMILES string of the molecule is CN(CCC(=O)OC(C)(C)C)CCC(F)(F)F. The topological polar surface area (TPSA) is 29.5 Å². The molecule has 0 aliphatic rings. The van der Waals surface area contributed by atoms with E-state index in [1.54, 1.807) is 27.8 Å². The highest BCUT2D eigenvalue weighted by Gasteiger charge is 2.27. The lowest BCUT2D eigenvalue weighted by atomic mass is 10.2. The Balaban J connectivity index is 3.77. The fourth-order valence-electron chi connectivity index (χ4n) is 1.10. The molecule has 0 aliphatic carbocycles. The molecule has 0 radical (unpaired) electrons. The molecule has 0 N–H and O–H groups in total. The van der Waals surface area contributed by atoms with E-state index < -0.39 is 24.2 Å². The normalized spacial score (nSPS) is 12.9. The molecule has 3 nitrogen and oxygen atoms in total. The molecular formula is C11H20F3NO2. The lowest BCUT2D eigenvalue weighted by Gasteiger charge is -2.21. The predicted octanol–water partition coefficient (Wildman–Crippen LogP) is 2.60. The third kappa shape index (κ3) is 11.5. The molecule has 0 aromatic rings. The van der Waals surface area contributed by atoms with E-state index in [-0.39, 0.29) is 19.5 Å². The maximum absolute atomic E-state index is 11.9. The van der Waals surface area contributed by atoms with Crippen LogP contribution in [0.4, 0.5) is 13.2 Å². The Bertz CT molecular complexity index is 246. The second kappa shape index (κ2) is 6.23. The second-order valence-corrected chi connectivity index (χ2v) is 5.00. The first-order valence-electron chi connectivity index (χ1n) is 5.47. The number of hydrogen-bond donors (Lipinski definition) is 0. The first kappa shape index (κ1) is 16.2. The summed E-state index contributed by atoms with van der Waals surface area (Å²) in [4.78, 5) is 12.8. The Kier molecular flexibility index (Phi) is 5.95. The average molecular weight is 255 g/mol. The summed E-state index contributed by atoms with van der Waals surface area (Å²) in [6.07, 6.45) is -4.91. The van der Waals surface area contributed by atoms with Crippen molar-refractivity contribution >= 4 is 5.97 Å². The van der Waals surface area contributed by atoms with E-state index in [4.69, 9.17) is 4.74 Å². The summed E-state index contributed by atoms with van der Waals surface area (Å²) in [6, 6.07) is 0. The highest BCUT2D eigenvalue weighted by Crippen LogP contribution is 2.19. The number of halogens is 3. The number of nitrogens with zero attached hydrogens (tertiary/aromatic N) is 1. The van der Waals surface area contributed by atoms with Crippen LogP contribution in [-0.4, -0.2) is 42.8 Å². The van der Waals surface area contributed by atoms with E-state index in [1.165, 1.54) is 4.90 Å². The smallest absolute Gasteiger partial charge is 0.390 e. The lowest BCUT2D eigenvalue weighted by molar-refractivity contribution is -0.155. The zero-order valence-electron chi connectivity index (χ0n) is 10.7. The van der Waals surface area contributed by atoms with Gasteiger partial charge < -0.3 is 9.64 Å². The van der Waals surface area contributed by atoms with E-state index >= 15 is 0 Å². The first-order valence-corrected chi connectivity index (χ1v) is 5.47. The maximum atomic E-state index is 11.9. The van der Waals surface area contributed by atoms with Crippen LogP contribution in [0, 0.1) is 0 Å². The van der Waals surface area contributed by atoms with Crippen LogP contribution in [0.5, 0.6) is 0 Å². The molecule has 6 heteroatoms. The highest BCUT2D eigenvalue weighted by molar-refractivity contribution is 5.70. The molecule has 0 rings (SSSR count). The molecule has 0 saturated carbocycles. The van der Waals surface area contributed by atoms with Crippen LogP contribution in [0.3, 0.4) is 0 Å². The van der Waals surface area contributed by atoms with Crippen LogP contribution in [0.2, 0.25) is 0 Å². The number of rotatable bonds is 5. The maximum Gasteiger partial charge on any atom is 0.390 e. The Morgan fingerprint density at radius 2 is 1.71 bits per heavy atom. The van der Waals surface area contributed by atoms with Gasteiger partial charge in [-0.1, -0.05) is 0 Å². The van der Waals surface area contributed by atoms with E-state index in [0.717, 1.165) is 0 Å². The van der Waals surface area contributed by atoms with Gasteiger partial charge in [-0.3, -0.25) is 4.79 Å². The van der Waals surface area contributed by atoms with Gasteiger partial charge in [-0.25, -0.2) is 0 Å². The number of ether oxygens (including phenoxy) is 1. The summed E-state index contributed by atoms with van der Waals surface area (Å²) >= 11 is 0. The van der Waals surface area contributed by atoms with Crippen LogP contribution in [-0.2, 0) is 9.53 Å². The Hall–Kier alpha value is -0.780. The van der Waals surface area contributed by atoms with Gasteiger partial charge in [-0.2, -0.15) is 13.2 Å². The van der Waals surface area contributed by atoms with E-state index in [2.05, 4.69) is 0 Å². The van der Waals surface area contributed by atoms with Gasteiger partial charge in [0.1, 0.15) is 5.60 Å². The minimum absolute atomic E-state index is 0.103. The van der Waals surface area contributed by atoms with Gasteiger partial charge in [0.2, 0.25) is 0 Å². The van der Waals surface area contributed by atoms with Crippen molar-refractivity contribution in [1.82, 2.24) is 4.90 Å². The Morgan fingerprint density at radius 3 is 2.12 bits per heavy atom. The Labute approximate surface area is 99.9 Å². The van der Waals surface area contributed by atoms with Gasteiger partial charge in [0, 0.05) is 13.1 Å². The monoisotopic (exact) mass is 255 g/mol. The van der Waals surface area contributed by atoms with Crippen molar-refractivity contribution in [2.45, 2.75) is 45.4 Å². The minimum Gasteiger partial charge on any atom is -0.460 e. The Morgan fingerprint density at radius 1 is 1.18 bits per heavy atom. The zero-order valence-corrected chi connectivity index (χ0v) is 10.7. The fraction of sp³-hybridized carbons (Fsp3) is 0.909. The standard InChI is InChI=1S/C11H20F3NO2/c1-10(2,3)17-9(16)5-7-15(4)8-6-11(12,13)14/h5-8H2,1-4H3. The number of alkyl halides is 3. The van der Waals surface area contributed by atoms with Crippen molar-refractivity contribution in [3.05, 3.63) is 0 Å². The molecule has 17 heavy (non-hydrogen) atoms. The van der Waals surface area contributed by atoms with Crippen LogP contribution in [0.15, 0.2) is 0 Å². The van der Waals surface area contributed by atoms with E-state index in [0.29, 0.717) is 0 Å². The summed E-state index contributed by atoms with van der Waals surface area (Å²) in [5.74, 6) is -0.392. The van der Waals surface area contributed by atoms with Crippen molar-refractivity contribution in [3.8, 4) is 0 Å². The summed E-state index contributed by atoms with van der Waals surface area (Å²) in [7, 11) is 1.55. The van der Waals surface area contributed by atoms with Crippen LogP contribution in [0.25, 0.3) is 0 Å². The number of esters is 1. The van der Waals surface area contributed by atoms with Crippen molar-refractivity contribution < 1.29 is 22.7 Å². The number of carbonyl (C=O) groups is 1. The zero-order chi connectivity index (χ0) is 13.7. The molecule has 0 spiro atoms. The molecule has 0 atom stereocenters. The summed E-state index contributed by atoms with van der Waals surface area (Å²) in [5.41, 5.74) is -0.554. The first-order chi connectivity index (χ1) is 7.49. The lowest BCUT2D eigenvalue weighted by Crippen LogP contribution is -2.29. The van der Waals surface area contributed by atoms with E-state index in [1.807, 2.05) is 0 Å². The molecule has 0 aromatic carbocycles.